The molecule has 6 nitrogen and oxygen atoms in total. The monoisotopic (exact) mass is 275 g/mol. The van der Waals surface area contributed by atoms with Crippen molar-refractivity contribution in [2.24, 2.45) is 5.73 Å². The largest absolute Gasteiger partial charge is 0.341 e. The zero-order chi connectivity index (χ0) is 13.3. The second-order valence-electron chi connectivity index (χ2n) is 5.35. The Kier molecular flexibility index (Phi) is 3.93. The molecular weight excluding hydrogens is 254 g/mol. The lowest BCUT2D eigenvalue weighted by molar-refractivity contribution is -0.132. The van der Waals surface area contributed by atoms with Gasteiger partial charge in [0.05, 0.1) is 18.1 Å². The van der Waals surface area contributed by atoms with Crippen molar-refractivity contribution in [3.8, 4) is 0 Å². The molecule has 2 heterocycles. The summed E-state index contributed by atoms with van der Waals surface area (Å²) in [5.74, 6) is 0.296. The van der Waals surface area contributed by atoms with E-state index in [1.165, 1.54) is 0 Å². The number of likely N-dealkylation sites (N-methyl/N-ethyl adjacent to an activating group) is 1. The number of amides is 1. The van der Waals surface area contributed by atoms with Gasteiger partial charge >= 0.3 is 0 Å². The van der Waals surface area contributed by atoms with Crippen molar-refractivity contribution >= 4 is 15.7 Å². The van der Waals surface area contributed by atoms with Crippen LogP contribution in [0.3, 0.4) is 0 Å². The van der Waals surface area contributed by atoms with E-state index in [9.17, 15) is 13.2 Å². The lowest BCUT2D eigenvalue weighted by atomic mass is 10.2. The molecule has 0 bridgehead atoms. The van der Waals surface area contributed by atoms with Gasteiger partial charge in [0.25, 0.3) is 0 Å². The Hall–Kier alpha value is -0.660. The number of rotatable bonds is 3. The van der Waals surface area contributed by atoms with E-state index in [-0.39, 0.29) is 29.5 Å². The first-order valence-corrected chi connectivity index (χ1v) is 8.13. The molecular formula is C11H21N3O3S. The van der Waals surface area contributed by atoms with Crippen LogP contribution in [-0.4, -0.2) is 74.4 Å². The van der Waals surface area contributed by atoms with E-state index in [4.69, 9.17) is 5.73 Å². The molecule has 0 saturated carbocycles. The molecule has 2 N–H and O–H groups in total. The fraction of sp³-hybridized carbons (Fsp3) is 0.909. The second kappa shape index (κ2) is 5.14. The Morgan fingerprint density at radius 3 is 2.67 bits per heavy atom. The fourth-order valence-electron chi connectivity index (χ4n) is 2.59. The molecule has 0 radical (unpaired) electrons. The molecule has 0 aliphatic carbocycles. The fourth-order valence-corrected chi connectivity index (χ4v) is 4.37. The van der Waals surface area contributed by atoms with Gasteiger partial charge in [-0.15, -0.1) is 0 Å². The van der Waals surface area contributed by atoms with E-state index in [1.807, 2.05) is 4.90 Å². The van der Waals surface area contributed by atoms with Crippen LogP contribution < -0.4 is 5.73 Å². The summed E-state index contributed by atoms with van der Waals surface area (Å²) in [6, 6.07) is 0.00809. The summed E-state index contributed by atoms with van der Waals surface area (Å²) in [6.07, 6.45) is 1.49. The zero-order valence-corrected chi connectivity index (χ0v) is 11.5. The Morgan fingerprint density at radius 2 is 2.17 bits per heavy atom. The molecule has 2 aliphatic heterocycles. The van der Waals surface area contributed by atoms with Crippen molar-refractivity contribution in [3.63, 3.8) is 0 Å². The first-order chi connectivity index (χ1) is 8.37. The summed E-state index contributed by atoms with van der Waals surface area (Å²) < 4.78 is 22.8. The Labute approximate surface area is 108 Å². The molecule has 104 valence electrons. The van der Waals surface area contributed by atoms with Gasteiger partial charge in [-0.1, -0.05) is 0 Å². The maximum atomic E-state index is 12.1. The molecule has 18 heavy (non-hydrogen) atoms. The Balaban J connectivity index is 1.85. The molecule has 1 amide bonds. The molecule has 0 spiro atoms. The van der Waals surface area contributed by atoms with Gasteiger partial charge in [0.15, 0.2) is 9.84 Å². The van der Waals surface area contributed by atoms with E-state index >= 15 is 0 Å². The highest BCUT2D eigenvalue weighted by molar-refractivity contribution is 7.91. The molecule has 2 atom stereocenters. The minimum absolute atomic E-state index is 0.00815. The van der Waals surface area contributed by atoms with E-state index in [1.54, 1.807) is 11.9 Å². The van der Waals surface area contributed by atoms with E-state index in [2.05, 4.69) is 0 Å². The predicted molar refractivity (Wildman–Crippen MR) is 68.9 cm³/mol. The third kappa shape index (κ3) is 3.21. The molecule has 2 saturated heterocycles. The molecule has 2 aliphatic rings. The van der Waals surface area contributed by atoms with Crippen LogP contribution in [0.25, 0.3) is 0 Å². The minimum atomic E-state index is -2.94. The first-order valence-electron chi connectivity index (χ1n) is 6.31. The van der Waals surface area contributed by atoms with Gasteiger partial charge < -0.3 is 10.6 Å². The van der Waals surface area contributed by atoms with Crippen LogP contribution in [0.5, 0.6) is 0 Å². The Morgan fingerprint density at radius 1 is 1.44 bits per heavy atom. The lowest BCUT2D eigenvalue weighted by Crippen LogP contribution is -2.43. The second-order valence-corrected chi connectivity index (χ2v) is 7.57. The minimum Gasteiger partial charge on any atom is -0.341 e. The maximum absolute atomic E-state index is 12.1. The third-order valence-electron chi connectivity index (χ3n) is 3.82. The Bertz CT molecular complexity index is 423. The van der Waals surface area contributed by atoms with Gasteiger partial charge in [-0.05, 0) is 12.8 Å². The van der Waals surface area contributed by atoms with Crippen LogP contribution in [0.2, 0.25) is 0 Å². The van der Waals surface area contributed by atoms with Gasteiger partial charge in [0, 0.05) is 32.2 Å². The van der Waals surface area contributed by atoms with Gasteiger partial charge in [-0.3, -0.25) is 9.69 Å². The normalized spacial score (nSPS) is 31.7. The van der Waals surface area contributed by atoms with Gasteiger partial charge in [0.1, 0.15) is 0 Å². The number of hydrogen-bond acceptors (Lipinski definition) is 5. The smallest absolute Gasteiger partial charge is 0.236 e. The standard InChI is InChI=1S/C11H21N3O3S/c1-13(10-3-5-18(16,17)8-10)11(15)7-14-4-2-9(12)6-14/h9-10H,2-8,12H2,1H3/t9-,10?/m0/s1. The molecule has 2 rings (SSSR count). The highest BCUT2D eigenvalue weighted by Gasteiger charge is 2.33. The summed E-state index contributed by atoms with van der Waals surface area (Å²) in [5, 5.41) is 0. The third-order valence-corrected chi connectivity index (χ3v) is 5.57. The van der Waals surface area contributed by atoms with Crippen molar-refractivity contribution in [1.82, 2.24) is 9.80 Å². The number of likely N-dealkylation sites (tertiary alicyclic amines) is 1. The SMILES string of the molecule is CN(C(=O)CN1CC[C@H](N)C1)C1CCS(=O)(=O)C1. The quantitative estimate of drug-likeness (QED) is 0.689. The zero-order valence-electron chi connectivity index (χ0n) is 10.7. The molecule has 2 fully saturated rings. The van der Waals surface area contributed by atoms with Crippen LogP contribution in [0, 0.1) is 0 Å². The highest BCUT2D eigenvalue weighted by atomic mass is 32.2. The number of carbonyl (C=O) groups is 1. The molecule has 0 aromatic rings. The van der Waals surface area contributed by atoms with Crippen molar-refractivity contribution in [2.45, 2.75) is 24.9 Å². The van der Waals surface area contributed by atoms with E-state index in [0.717, 1.165) is 19.5 Å². The number of nitrogens with two attached hydrogens (primary N) is 1. The summed E-state index contributed by atoms with van der Waals surface area (Å²) in [4.78, 5) is 15.7. The van der Waals surface area contributed by atoms with E-state index < -0.39 is 9.84 Å². The average molecular weight is 275 g/mol. The molecule has 0 aromatic heterocycles. The molecule has 1 unspecified atom stereocenters. The van der Waals surface area contributed by atoms with Crippen LogP contribution >= 0.6 is 0 Å². The van der Waals surface area contributed by atoms with Crippen LogP contribution in [0.1, 0.15) is 12.8 Å². The number of carbonyl (C=O) groups excluding carboxylic acids is 1. The summed E-state index contributed by atoms with van der Waals surface area (Å²) in [6.45, 7) is 1.95. The number of sulfone groups is 1. The van der Waals surface area contributed by atoms with Gasteiger partial charge in [-0.2, -0.15) is 0 Å². The summed E-state index contributed by atoms with van der Waals surface area (Å²) in [5.41, 5.74) is 5.79. The number of nitrogens with zero attached hydrogens (tertiary/aromatic N) is 2. The summed E-state index contributed by atoms with van der Waals surface area (Å²) in [7, 11) is -1.24. The van der Waals surface area contributed by atoms with Crippen LogP contribution in [-0.2, 0) is 14.6 Å². The predicted octanol–water partition coefficient (Wildman–Crippen LogP) is -1.34. The maximum Gasteiger partial charge on any atom is 0.236 e. The number of hydrogen-bond donors (Lipinski definition) is 1. The average Bonchev–Trinajstić information content (AvgIpc) is 2.83. The summed E-state index contributed by atoms with van der Waals surface area (Å²) >= 11 is 0. The van der Waals surface area contributed by atoms with Crippen molar-refractivity contribution in [1.29, 1.82) is 0 Å². The molecule has 0 aromatic carbocycles. The molecule has 7 heteroatoms. The first kappa shape index (κ1) is 13.8. The van der Waals surface area contributed by atoms with Gasteiger partial charge in [0.2, 0.25) is 5.91 Å². The highest BCUT2D eigenvalue weighted by Crippen LogP contribution is 2.17. The topological polar surface area (TPSA) is 83.7 Å². The van der Waals surface area contributed by atoms with Gasteiger partial charge in [-0.25, -0.2) is 8.42 Å². The van der Waals surface area contributed by atoms with Crippen LogP contribution in [0.4, 0.5) is 0 Å². The van der Waals surface area contributed by atoms with Crippen LogP contribution in [0.15, 0.2) is 0 Å². The van der Waals surface area contributed by atoms with Crippen molar-refractivity contribution in [3.05, 3.63) is 0 Å². The van der Waals surface area contributed by atoms with Crippen molar-refractivity contribution in [2.75, 3.05) is 38.2 Å². The van der Waals surface area contributed by atoms with Crippen molar-refractivity contribution < 1.29 is 13.2 Å². The van der Waals surface area contributed by atoms with E-state index in [0.29, 0.717) is 13.0 Å². The lowest BCUT2D eigenvalue weighted by Gasteiger charge is -2.26.